The van der Waals surface area contributed by atoms with Crippen LogP contribution >= 0.6 is 0 Å². The van der Waals surface area contributed by atoms with Crippen molar-refractivity contribution in [3.8, 4) is 11.3 Å². The predicted octanol–water partition coefficient (Wildman–Crippen LogP) is 4.03. The second kappa shape index (κ2) is 11.4. The lowest BCUT2D eigenvalue weighted by atomic mass is 9.84. The van der Waals surface area contributed by atoms with E-state index < -0.39 is 0 Å². The molecule has 3 N–H and O–H groups in total. The molecule has 3 heterocycles. The highest BCUT2D eigenvalue weighted by Gasteiger charge is 2.31. The SMILES string of the molecule is O=C(Nc1ccc(-c2ccnc(Nc3ccc(N4CCN(C(=O)C5CCC5)CC4)cc3)n2)cc1)[C@H]1CCCN1. The van der Waals surface area contributed by atoms with Crippen LogP contribution in [0.25, 0.3) is 11.3 Å². The molecular formula is C30H35N7O2. The van der Waals surface area contributed by atoms with Crippen LogP contribution in [0.5, 0.6) is 0 Å². The highest BCUT2D eigenvalue weighted by atomic mass is 16.2. The third kappa shape index (κ3) is 5.88. The average Bonchev–Trinajstić information content (AvgIpc) is 3.49. The molecule has 39 heavy (non-hydrogen) atoms. The van der Waals surface area contributed by atoms with Gasteiger partial charge < -0.3 is 25.8 Å². The first kappa shape index (κ1) is 25.3. The Morgan fingerprint density at radius 2 is 1.59 bits per heavy atom. The standard InChI is InChI=1S/C30H35N7O2/c38-28(27-5-2-15-31-27)33-23-8-6-21(7-9-23)26-14-16-32-30(35-26)34-24-10-12-25(13-11-24)36-17-19-37(20-18-36)29(39)22-3-1-4-22/h6-14,16,22,27,31H,1-5,15,17-20H2,(H,33,38)(H,32,34,35)/t27-/m1/s1. The summed E-state index contributed by atoms with van der Waals surface area (Å²) in [5.41, 5.74) is 4.59. The molecule has 0 bridgehead atoms. The van der Waals surface area contributed by atoms with Crippen LogP contribution in [-0.2, 0) is 9.59 Å². The molecule has 0 radical (unpaired) electrons. The van der Waals surface area contributed by atoms with Crippen LogP contribution in [0, 0.1) is 5.92 Å². The lowest BCUT2D eigenvalue weighted by Crippen LogP contribution is -2.51. The number of anilines is 4. The van der Waals surface area contributed by atoms with Gasteiger partial charge >= 0.3 is 0 Å². The van der Waals surface area contributed by atoms with E-state index in [0.29, 0.717) is 11.9 Å². The molecule has 3 aromatic rings. The van der Waals surface area contributed by atoms with E-state index >= 15 is 0 Å². The molecule has 1 aliphatic carbocycles. The Balaban J connectivity index is 1.04. The van der Waals surface area contributed by atoms with Gasteiger partial charge in [0.25, 0.3) is 0 Å². The fraction of sp³-hybridized carbons (Fsp3) is 0.400. The molecule has 1 aromatic heterocycles. The van der Waals surface area contributed by atoms with E-state index in [1.807, 2.05) is 47.4 Å². The van der Waals surface area contributed by atoms with Gasteiger partial charge in [0.05, 0.1) is 11.7 Å². The van der Waals surface area contributed by atoms with Crippen molar-refractivity contribution in [2.45, 2.75) is 38.1 Å². The monoisotopic (exact) mass is 525 g/mol. The lowest BCUT2D eigenvalue weighted by molar-refractivity contribution is -0.138. The second-order valence-electron chi connectivity index (χ2n) is 10.6. The summed E-state index contributed by atoms with van der Waals surface area (Å²) in [6.07, 6.45) is 6.97. The summed E-state index contributed by atoms with van der Waals surface area (Å²) in [5, 5.41) is 9.51. The normalized spacial score (nSPS) is 19.4. The maximum Gasteiger partial charge on any atom is 0.241 e. The molecule has 6 rings (SSSR count). The summed E-state index contributed by atoms with van der Waals surface area (Å²) >= 11 is 0. The quantitative estimate of drug-likeness (QED) is 0.428. The molecule has 9 heteroatoms. The van der Waals surface area contributed by atoms with E-state index in [0.717, 1.165) is 86.7 Å². The fourth-order valence-corrected chi connectivity index (χ4v) is 5.42. The van der Waals surface area contributed by atoms with Crippen LogP contribution in [0.15, 0.2) is 60.8 Å². The number of hydrogen-bond donors (Lipinski definition) is 3. The van der Waals surface area contributed by atoms with Crippen molar-refractivity contribution in [1.29, 1.82) is 0 Å². The van der Waals surface area contributed by atoms with Crippen molar-refractivity contribution >= 4 is 34.8 Å². The molecule has 3 aliphatic rings. The third-order valence-corrected chi connectivity index (χ3v) is 8.01. The van der Waals surface area contributed by atoms with E-state index in [1.165, 1.54) is 6.42 Å². The van der Waals surface area contributed by atoms with Crippen LogP contribution < -0.4 is 20.9 Å². The molecule has 202 valence electrons. The highest BCUT2D eigenvalue weighted by Crippen LogP contribution is 2.29. The van der Waals surface area contributed by atoms with Crippen molar-refractivity contribution in [2.24, 2.45) is 5.92 Å². The number of carbonyl (C=O) groups excluding carboxylic acids is 2. The molecule has 2 aliphatic heterocycles. The number of amides is 2. The molecule has 2 aromatic carbocycles. The number of carbonyl (C=O) groups is 2. The van der Waals surface area contributed by atoms with E-state index in [1.54, 1.807) is 6.20 Å². The molecule has 0 spiro atoms. The second-order valence-corrected chi connectivity index (χ2v) is 10.6. The largest absolute Gasteiger partial charge is 0.368 e. The minimum atomic E-state index is -0.105. The number of aromatic nitrogens is 2. The van der Waals surface area contributed by atoms with Gasteiger partial charge in [0.1, 0.15) is 0 Å². The average molecular weight is 526 g/mol. The van der Waals surface area contributed by atoms with Gasteiger partial charge in [-0.1, -0.05) is 18.6 Å². The third-order valence-electron chi connectivity index (χ3n) is 8.01. The van der Waals surface area contributed by atoms with Gasteiger partial charge in [-0.05, 0) is 74.7 Å². The van der Waals surface area contributed by atoms with Gasteiger partial charge in [0.2, 0.25) is 17.8 Å². The van der Waals surface area contributed by atoms with Gasteiger partial charge in [-0.25, -0.2) is 9.97 Å². The summed E-state index contributed by atoms with van der Waals surface area (Å²) < 4.78 is 0. The predicted molar refractivity (Wildman–Crippen MR) is 153 cm³/mol. The maximum atomic E-state index is 12.5. The number of nitrogens with one attached hydrogen (secondary N) is 3. The van der Waals surface area contributed by atoms with Crippen LogP contribution in [-0.4, -0.2) is 65.4 Å². The Labute approximate surface area is 229 Å². The first-order chi connectivity index (χ1) is 19.1. The van der Waals surface area contributed by atoms with Gasteiger partial charge in [-0.2, -0.15) is 0 Å². The summed E-state index contributed by atoms with van der Waals surface area (Å²) in [6, 6.07) is 17.8. The Hall–Kier alpha value is -3.98. The van der Waals surface area contributed by atoms with Crippen LogP contribution in [0.4, 0.5) is 23.0 Å². The maximum absolute atomic E-state index is 12.5. The first-order valence-electron chi connectivity index (χ1n) is 14.0. The first-order valence-corrected chi connectivity index (χ1v) is 14.0. The number of hydrogen-bond acceptors (Lipinski definition) is 7. The Kier molecular flexibility index (Phi) is 7.40. The summed E-state index contributed by atoms with van der Waals surface area (Å²) in [6.45, 7) is 4.20. The molecule has 2 amide bonds. The lowest BCUT2D eigenvalue weighted by Gasteiger charge is -2.39. The van der Waals surface area contributed by atoms with Crippen molar-refractivity contribution in [3.63, 3.8) is 0 Å². The van der Waals surface area contributed by atoms with Crippen molar-refractivity contribution in [2.75, 3.05) is 48.3 Å². The Morgan fingerprint density at radius 1 is 0.846 bits per heavy atom. The fourth-order valence-electron chi connectivity index (χ4n) is 5.42. The van der Waals surface area contributed by atoms with Crippen molar-refractivity contribution in [1.82, 2.24) is 20.2 Å². The number of nitrogens with zero attached hydrogens (tertiary/aromatic N) is 4. The molecule has 9 nitrogen and oxygen atoms in total. The van der Waals surface area contributed by atoms with E-state index in [2.05, 4.69) is 43.0 Å². The Morgan fingerprint density at radius 3 is 2.26 bits per heavy atom. The van der Waals surface area contributed by atoms with Gasteiger partial charge in [0, 0.05) is 60.9 Å². The molecule has 1 saturated carbocycles. The van der Waals surface area contributed by atoms with Crippen LogP contribution in [0.1, 0.15) is 32.1 Å². The zero-order chi connectivity index (χ0) is 26.6. The minimum absolute atomic E-state index is 0.0149. The highest BCUT2D eigenvalue weighted by molar-refractivity contribution is 5.95. The van der Waals surface area contributed by atoms with E-state index in [-0.39, 0.29) is 17.9 Å². The van der Waals surface area contributed by atoms with Crippen molar-refractivity contribution < 1.29 is 9.59 Å². The zero-order valence-electron chi connectivity index (χ0n) is 22.1. The van der Waals surface area contributed by atoms with E-state index in [9.17, 15) is 9.59 Å². The number of piperazine rings is 1. The number of rotatable bonds is 7. The van der Waals surface area contributed by atoms with Crippen molar-refractivity contribution in [3.05, 3.63) is 60.8 Å². The van der Waals surface area contributed by atoms with Crippen LogP contribution in [0.3, 0.4) is 0 Å². The molecular weight excluding hydrogens is 490 g/mol. The Bertz CT molecular complexity index is 1290. The topological polar surface area (TPSA) is 102 Å². The summed E-state index contributed by atoms with van der Waals surface area (Å²) in [4.78, 5) is 38.3. The molecule has 2 saturated heterocycles. The molecule has 3 fully saturated rings. The summed E-state index contributed by atoms with van der Waals surface area (Å²) in [5.74, 6) is 1.16. The zero-order valence-corrected chi connectivity index (χ0v) is 22.1. The van der Waals surface area contributed by atoms with Gasteiger partial charge in [0.15, 0.2) is 0 Å². The molecule has 1 atom stereocenters. The van der Waals surface area contributed by atoms with E-state index in [4.69, 9.17) is 0 Å². The smallest absolute Gasteiger partial charge is 0.241 e. The summed E-state index contributed by atoms with van der Waals surface area (Å²) in [7, 11) is 0. The minimum Gasteiger partial charge on any atom is -0.368 e. The van der Waals surface area contributed by atoms with Crippen LogP contribution in [0.2, 0.25) is 0 Å². The number of benzene rings is 2. The van der Waals surface area contributed by atoms with Gasteiger partial charge in [-0.15, -0.1) is 0 Å². The van der Waals surface area contributed by atoms with Gasteiger partial charge in [-0.3, -0.25) is 9.59 Å². The molecule has 0 unspecified atom stereocenters.